The topological polar surface area (TPSA) is 149 Å². The third kappa shape index (κ3) is 11.9. The van der Waals surface area contributed by atoms with Crippen LogP contribution < -0.4 is 20.2 Å². The van der Waals surface area contributed by atoms with Crippen molar-refractivity contribution in [2.45, 2.75) is 136 Å². The lowest BCUT2D eigenvalue weighted by atomic mass is 9.76. The maximum atomic E-state index is 14.2. The molecule has 1 heterocycles. The average molecular weight is 867 g/mol. The summed E-state index contributed by atoms with van der Waals surface area (Å²) in [6.45, 7) is 24.2. The van der Waals surface area contributed by atoms with Crippen molar-refractivity contribution in [1.29, 1.82) is 0 Å². The number of carbonyl (C=O) groups excluding carboxylic acids is 3. The number of nitrogens with one attached hydrogen (secondary N) is 2. The van der Waals surface area contributed by atoms with Crippen LogP contribution >= 0.6 is 22.9 Å². The molecule has 14 heteroatoms. The third-order valence-corrected chi connectivity index (χ3v) is 13.6. The number of Topliss-reactive ketones (excluding diaryl/α,β-unsaturated/α-hetero) is 1. The predicted molar refractivity (Wildman–Crippen MR) is 238 cm³/mol. The number of aryl methyl sites for hydroxylation is 1. The Bertz CT molecular complexity index is 2340. The van der Waals surface area contributed by atoms with Crippen molar-refractivity contribution >= 4 is 61.9 Å². The van der Waals surface area contributed by atoms with E-state index in [1.807, 2.05) is 26.8 Å². The number of ether oxygens (including phenoxy) is 1. The highest BCUT2D eigenvalue weighted by atomic mass is 35.5. The van der Waals surface area contributed by atoms with Crippen LogP contribution in [0.15, 0.2) is 70.0 Å². The quantitative estimate of drug-likeness (QED) is 0.0793. The van der Waals surface area contributed by atoms with Crippen molar-refractivity contribution < 1.29 is 27.5 Å². The largest absolute Gasteiger partial charge is 0.493 e. The molecular formula is C45H60ClN5O6S2. The molecule has 11 nitrogen and oxygen atoms in total. The predicted octanol–water partition coefficient (Wildman–Crippen LogP) is 10.3. The van der Waals surface area contributed by atoms with Gasteiger partial charge in [-0.1, -0.05) is 129 Å². The van der Waals surface area contributed by atoms with E-state index >= 15 is 0 Å². The van der Waals surface area contributed by atoms with E-state index < -0.39 is 33.2 Å². The van der Waals surface area contributed by atoms with E-state index in [1.54, 1.807) is 39.0 Å². The van der Waals surface area contributed by atoms with Gasteiger partial charge in [-0.3, -0.25) is 14.4 Å². The summed E-state index contributed by atoms with van der Waals surface area (Å²) in [4.78, 5) is 41.2. The summed E-state index contributed by atoms with van der Waals surface area (Å²) in [5.74, 6) is -0.942. The number of sulfonamides is 1. The van der Waals surface area contributed by atoms with Crippen LogP contribution in [-0.4, -0.2) is 42.4 Å². The number of rotatable bonds is 17. The molecule has 0 aliphatic carbocycles. The number of hydrogen-bond donors (Lipinski definition) is 2. The van der Waals surface area contributed by atoms with Gasteiger partial charge in [-0.15, -0.1) is 4.40 Å². The van der Waals surface area contributed by atoms with E-state index in [0.717, 1.165) is 45.7 Å². The van der Waals surface area contributed by atoms with Crippen molar-refractivity contribution in [2.24, 2.45) is 9.81 Å². The Morgan fingerprint density at radius 2 is 1.54 bits per heavy atom. The Morgan fingerprint density at radius 3 is 2.14 bits per heavy atom. The minimum absolute atomic E-state index is 0.0377. The van der Waals surface area contributed by atoms with E-state index in [9.17, 15) is 22.8 Å². The van der Waals surface area contributed by atoms with E-state index in [0.29, 0.717) is 23.7 Å². The minimum Gasteiger partial charge on any atom is -0.493 e. The van der Waals surface area contributed by atoms with Gasteiger partial charge in [-0.2, -0.15) is 13.5 Å². The lowest BCUT2D eigenvalue weighted by Crippen LogP contribution is -2.42. The minimum atomic E-state index is -4.25. The Balaban J connectivity index is 1.55. The standard InChI is InChI=1S/C45H60ClN5O6S2/c1-13-44(9,10)30-19-24-36(33(26-30)45(11,12)14-2)57-25-15-16-37(52)47-31-20-23-34(46)35(27-31)48-40(54)38(39(53)43(6,7)8)51-42(58-41(49-51)28(3)4)50-59(55,56)32-21-17-29(5)18-22-32/h17-24,26-28,38H,13-16,25H2,1-12H3,(H,47,52)(H,48,54). The van der Waals surface area contributed by atoms with Crippen molar-refractivity contribution in [3.8, 4) is 5.75 Å². The second kappa shape index (κ2) is 18.9. The van der Waals surface area contributed by atoms with Gasteiger partial charge in [0.2, 0.25) is 10.7 Å². The van der Waals surface area contributed by atoms with Gasteiger partial charge in [0.1, 0.15) is 10.8 Å². The molecule has 320 valence electrons. The molecule has 2 amide bonds. The molecule has 3 aromatic carbocycles. The molecule has 0 spiro atoms. The number of aromatic nitrogens is 2. The normalized spacial score (nSPS) is 13.4. The van der Waals surface area contributed by atoms with Crippen molar-refractivity contribution in [2.75, 3.05) is 17.2 Å². The lowest BCUT2D eigenvalue weighted by Gasteiger charge is -2.30. The number of anilines is 2. The molecule has 0 aliphatic heterocycles. The molecule has 0 fully saturated rings. The Labute approximate surface area is 359 Å². The molecule has 1 aromatic heterocycles. The van der Waals surface area contributed by atoms with Crippen LogP contribution in [0, 0.1) is 12.3 Å². The molecule has 2 N–H and O–H groups in total. The fourth-order valence-corrected chi connectivity index (χ4v) is 8.20. The summed E-state index contributed by atoms with van der Waals surface area (Å²) < 4.78 is 38.4. The summed E-state index contributed by atoms with van der Waals surface area (Å²) in [7, 11) is -4.25. The lowest BCUT2D eigenvalue weighted by molar-refractivity contribution is -0.136. The first-order valence-electron chi connectivity index (χ1n) is 20.1. The van der Waals surface area contributed by atoms with Crippen molar-refractivity contribution in [3.05, 3.63) is 92.2 Å². The van der Waals surface area contributed by atoms with E-state index in [-0.39, 0.29) is 49.5 Å². The number of carbonyl (C=O) groups is 3. The molecule has 0 aliphatic rings. The van der Waals surface area contributed by atoms with Crippen LogP contribution in [0.1, 0.15) is 136 Å². The maximum Gasteiger partial charge on any atom is 0.285 e. The number of benzene rings is 3. The highest BCUT2D eigenvalue weighted by Crippen LogP contribution is 2.39. The second-order valence-corrected chi connectivity index (χ2v) is 20.6. The van der Waals surface area contributed by atoms with Gasteiger partial charge in [0.25, 0.3) is 15.9 Å². The van der Waals surface area contributed by atoms with Crippen molar-refractivity contribution in [3.63, 3.8) is 0 Å². The fourth-order valence-electron chi connectivity index (χ4n) is 5.93. The zero-order valence-electron chi connectivity index (χ0n) is 36.4. The average Bonchev–Trinajstić information content (AvgIpc) is 3.57. The van der Waals surface area contributed by atoms with Gasteiger partial charge in [0.15, 0.2) is 11.8 Å². The van der Waals surface area contributed by atoms with Crippen LogP contribution in [0.25, 0.3) is 0 Å². The van der Waals surface area contributed by atoms with Crippen LogP contribution in [0.4, 0.5) is 11.4 Å². The first-order valence-corrected chi connectivity index (χ1v) is 22.7. The SMILES string of the molecule is CCC(C)(C)c1ccc(OCCCC(=O)Nc2ccc(Cl)c(NC(=O)C(C(=O)C(C)(C)C)n3nc(C(C)C)sc3=NS(=O)(=O)c3ccc(C)cc3)c2)c(C(C)(C)CC)c1. The summed E-state index contributed by atoms with van der Waals surface area (Å²) >= 11 is 7.54. The Kier molecular flexibility index (Phi) is 15.2. The fraction of sp³-hybridized carbons (Fsp3) is 0.489. The number of amides is 2. The summed E-state index contributed by atoms with van der Waals surface area (Å²) in [6, 6.07) is 15.7. The van der Waals surface area contributed by atoms with Gasteiger partial charge < -0.3 is 15.4 Å². The zero-order chi connectivity index (χ0) is 44.1. The summed E-state index contributed by atoms with van der Waals surface area (Å²) in [6.07, 6.45) is 2.59. The maximum absolute atomic E-state index is 14.2. The number of halogens is 1. The molecule has 59 heavy (non-hydrogen) atoms. The molecule has 1 unspecified atom stereocenters. The monoisotopic (exact) mass is 865 g/mol. The smallest absolute Gasteiger partial charge is 0.285 e. The number of nitrogens with zero attached hydrogens (tertiary/aromatic N) is 3. The van der Waals surface area contributed by atoms with Gasteiger partial charge in [0.05, 0.1) is 22.2 Å². The highest BCUT2D eigenvalue weighted by Gasteiger charge is 2.39. The van der Waals surface area contributed by atoms with Crippen LogP contribution in [0.2, 0.25) is 5.02 Å². The molecule has 1 atom stereocenters. The highest BCUT2D eigenvalue weighted by molar-refractivity contribution is 7.90. The van der Waals surface area contributed by atoms with Gasteiger partial charge in [-0.25, -0.2) is 4.68 Å². The van der Waals surface area contributed by atoms with Crippen molar-refractivity contribution in [1.82, 2.24) is 9.78 Å². The van der Waals surface area contributed by atoms with Gasteiger partial charge >= 0.3 is 0 Å². The first-order chi connectivity index (χ1) is 27.4. The van der Waals surface area contributed by atoms with E-state index in [4.69, 9.17) is 16.3 Å². The third-order valence-electron chi connectivity index (χ3n) is 10.7. The van der Waals surface area contributed by atoms with E-state index in [1.165, 1.54) is 29.8 Å². The van der Waals surface area contributed by atoms with Crippen LogP contribution in [0.3, 0.4) is 0 Å². The molecule has 4 rings (SSSR count). The number of hydrogen-bond acceptors (Lipinski definition) is 8. The Hall–Kier alpha value is -4.33. The van der Waals surface area contributed by atoms with Gasteiger partial charge in [-0.05, 0) is 79.0 Å². The first kappa shape index (κ1) is 47.3. The molecule has 0 saturated heterocycles. The van der Waals surface area contributed by atoms with Gasteiger partial charge in [0, 0.05) is 29.0 Å². The Morgan fingerprint density at radius 1 is 0.898 bits per heavy atom. The van der Waals surface area contributed by atoms with Crippen LogP contribution in [0.5, 0.6) is 5.75 Å². The summed E-state index contributed by atoms with van der Waals surface area (Å²) in [5, 5.41) is 10.8. The van der Waals surface area contributed by atoms with Crippen LogP contribution in [-0.2, 0) is 35.2 Å². The summed E-state index contributed by atoms with van der Waals surface area (Å²) in [5.41, 5.74) is 2.70. The molecule has 0 radical (unpaired) electrons. The molecule has 0 bridgehead atoms. The zero-order valence-corrected chi connectivity index (χ0v) is 38.8. The molecular weight excluding hydrogens is 806 g/mol. The number of ketones is 1. The molecule has 4 aromatic rings. The van der Waals surface area contributed by atoms with E-state index in [2.05, 4.69) is 73.8 Å². The molecule has 0 saturated carbocycles. The second-order valence-electron chi connectivity index (χ2n) is 17.6.